The molecular formula is C23H27ClN4O3. The summed E-state index contributed by atoms with van der Waals surface area (Å²) in [5.74, 6) is -0.318. The minimum absolute atomic E-state index is 0.0113. The third-order valence-electron chi connectivity index (χ3n) is 5.20. The van der Waals surface area contributed by atoms with E-state index in [0.717, 1.165) is 5.56 Å². The quantitative estimate of drug-likeness (QED) is 0.690. The number of carbonyl (C=O) groups is 3. The largest absolute Gasteiger partial charge is 0.349 e. The van der Waals surface area contributed by atoms with Crippen LogP contribution in [0.5, 0.6) is 0 Å². The second-order valence-corrected chi connectivity index (χ2v) is 7.96. The van der Waals surface area contributed by atoms with E-state index in [-0.39, 0.29) is 36.7 Å². The summed E-state index contributed by atoms with van der Waals surface area (Å²) in [5, 5.41) is 6.19. The van der Waals surface area contributed by atoms with Gasteiger partial charge in [-0.25, -0.2) is 0 Å². The van der Waals surface area contributed by atoms with Crippen LogP contribution in [0.4, 0.5) is 5.69 Å². The molecule has 7 nitrogen and oxygen atoms in total. The van der Waals surface area contributed by atoms with Gasteiger partial charge in [0.05, 0.1) is 29.7 Å². The molecule has 1 fully saturated rings. The zero-order chi connectivity index (χ0) is 22.2. The number of piperazine rings is 1. The van der Waals surface area contributed by atoms with Crippen LogP contribution in [-0.2, 0) is 14.4 Å². The molecule has 2 aromatic rings. The molecule has 0 saturated carbocycles. The average Bonchev–Trinajstić information content (AvgIpc) is 2.75. The highest BCUT2D eigenvalue weighted by atomic mass is 35.5. The minimum atomic E-state index is -0.356. The molecule has 31 heavy (non-hydrogen) atoms. The molecule has 1 unspecified atom stereocenters. The molecule has 0 bridgehead atoms. The Morgan fingerprint density at radius 1 is 0.968 bits per heavy atom. The SMILES string of the molecule is CC(=O)NC(CC(=O)N1CCN(CC(=O)Nc2ccccc2Cl)CC1)c1ccccc1. The standard InChI is InChI=1S/C23H27ClN4O3/c1-17(29)25-21(18-7-3-2-4-8-18)15-23(31)28-13-11-27(12-14-28)16-22(30)26-20-10-6-5-9-19(20)24/h2-10,21H,11-16H2,1H3,(H,25,29)(H,26,30). The molecule has 3 amide bonds. The van der Waals surface area contributed by atoms with Crippen molar-refractivity contribution in [3.8, 4) is 0 Å². The van der Waals surface area contributed by atoms with Gasteiger partial charge in [0.15, 0.2) is 0 Å². The van der Waals surface area contributed by atoms with Crippen molar-refractivity contribution in [2.45, 2.75) is 19.4 Å². The van der Waals surface area contributed by atoms with Crippen LogP contribution in [0.3, 0.4) is 0 Å². The van der Waals surface area contributed by atoms with Gasteiger partial charge in [0.25, 0.3) is 0 Å². The normalized spacial score (nSPS) is 15.2. The van der Waals surface area contributed by atoms with E-state index in [2.05, 4.69) is 10.6 Å². The third kappa shape index (κ3) is 6.80. The molecule has 1 heterocycles. The van der Waals surface area contributed by atoms with E-state index in [9.17, 15) is 14.4 Å². The first-order valence-electron chi connectivity index (χ1n) is 10.3. The molecule has 1 atom stereocenters. The number of carbonyl (C=O) groups excluding carboxylic acids is 3. The van der Waals surface area contributed by atoms with Crippen molar-refractivity contribution in [2.75, 3.05) is 38.0 Å². The number of nitrogens with zero attached hydrogens (tertiary/aromatic N) is 2. The predicted molar refractivity (Wildman–Crippen MR) is 121 cm³/mol. The molecule has 1 saturated heterocycles. The van der Waals surface area contributed by atoms with E-state index >= 15 is 0 Å². The van der Waals surface area contributed by atoms with Gasteiger partial charge in [-0.3, -0.25) is 19.3 Å². The summed E-state index contributed by atoms with van der Waals surface area (Å²) >= 11 is 6.08. The highest BCUT2D eigenvalue weighted by Crippen LogP contribution is 2.21. The van der Waals surface area contributed by atoms with Gasteiger partial charge in [0.2, 0.25) is 17.7 Å². The fourth-order valence-electron chi connectivity index (χ4n) is 3.60. The van der Waals surface area contributed by atoms with Gasteiger partial charge in [0, 0.05) is 33.1 Å². The zero-order valence-electron chi connectivity index (χ0n) is 17.5. The van der Waals surface area contributed by atoms with Gasteiger partial charge in [-0.1, -0.05) is 54.1 Å². The molecular weight excluding hydrogens is 416 g/mol. The third-order valence-corrected chi connectivity index (χ3v) is 5.53. The Morgan fingerprint density at radius 3 is 2.26 bits per heavy atom. The van der Waals surface area contributed by atoms with Crippen LogP contribution in [0.15, 0.2) is 54.6 Å². The number of amides is 3. The van der Waals surface area contributed by atoms with Crippen molar-refractivity contribution in [3.05, 3.63) is 65.2 Å². The maximum atomic E-state index is 12.8. The van der Waals surface area contributed by atoms with E-state index in [4.69, 9.17) is 11.6 Å². The van der Waals surface area contributed by atoms with Crippen molar-refractivity contribution in [2.24, 2.45) is 0 Å². The van der Waals surface area contributed by atoms with Gasteiger partial charge in [-0.15, -0.1) is 0 Å². The Kier molecular flexibility index (Phi) is 8.03. The highest BCUT2D eigenvalue weighted by molar-refractivity contribution is 6.33. The van der Waals surface area contributed by atoms with Crippen LogP contribution in [0.1, 0.15) is 24.9 Å². The minimum Gasteiger partial charge on any atom is -0.349 e. The van der Waals surface area contributed by atoms with Crippen molar-refractivity contribution < 1.29 is 14.4 Å². The monoisotopic (exact) mass is 442 g/mol. The molecule has 8 heteroatoms. The number of hydrogen-bond acceptors (Lipinski definition) is 4. The Balaban J connectivity index is 1.49. The van der Waals surface area contributed by atoms with Crippen LogP contribution in [0, 0.1) is 0 Å². The lowest BCUT2D eigenvalue weighted by atomic mass is 10.0. The number of benzene rings is 2. The molecule has 0 radical (unpaired) electrons. The van der Waals surface area contributed by atoms with E-state index in [1.807, 2.05) is 47.4 Å². The molecule has 0 aliphatic carbocycles. The summed E-state index contributed by atoms with van der Waals surface area (Å²) in [6.45, 7) is 3.99. The van der Waals surface area contributed by atoms with Crippen LogP contribution >= 0.6 is 11.6 Å². The summed E-state index contributed by atoms with van der Waals surface area (Å²) in [4.78, 5) is 40.6. The molecule has 164 valence electrons. The number of rotatable bonds is 7. The first-order valence-corrected chi connectivity index (χ1v) is 10.7. The molecule has 1 aliphatic heterocycles. The van der Waals surface area contributed by atoms with Crippen molar-refractivity contribution in [1.29, 1.82) is 0 Å². The summed E-state index contributed by atoms with van der Waals surface area (Å²) in [7, 11) is 0. The molecule has 1 aliphatic rings. The second-order valence-electron chi connectivity index (χ2n) is 7.55. The number of halogens is 1. The van der Waals surface area contributed by atoms with E-state index in [1.54, 1.807) is 17.0 Å². The van der Waals surface area contributed by atoms with Crippen LogP contribution in [-0.4, -0.2) is 60.2 Å². The first kappa shape index (κ1) is 22.8. The lowest BCUT2D eigenvalue weighted by molar-refractivity contribution is -0.133. The van der Waals surface area contributed by atoms with E-state index in [0.29, 0.717) is 36.9 Å². The van der Waals surface area contributed by atoms with E-state index < -0.39 is 0 Å². The summed E-state index contributed by atoms with van der Waals surface area (Å²) in [5.41, 5.74) is 1.49. The topological polar surface area (TPSA) is 81.8 Å². The summed E-state index contributed by atoms with van der Waals surface area (Å²) < 4.78 is 0. The van der Waals surface area contributed by atoms with Crippen molar-refractivity contribution in [1.82, 2.24) is 15.1 Å². The number of hydrogen-bond donors (Lipinski definition) is 2. The van der Waals surface area contributed by atoms with Crippen LogP contribution in [0.25, 0.3) is 0 Å². The summed E-state index contributed by atoms with van der Waals surface area (Å²) in [6.07, 6.45) is 0.205. The molecule has 3 rings (SSSR count). The van der Waals surface area contributed by atoms with Gasteiger partial charge < -0.3 is 15.5 Å². The second kappa shape index (κ2) is 10.9. The lowest BCUT2D eigenvalue weighted by Gasteiger charge is -2.35. The van der Waals surface area contributed by atoms with Gasteiger partial charge in [0.1, 0.15) is 0 Å². The van der Waals surface area contributed by atoms with Gasteiger partial charge in [-0.05, 0) is 17.7 Å². The van der Waals surface area contributed by atoms with E-state index in [1.165, 1.54) is 6.92 Å². The van der Waals surface area contributed by atoms with Crippen molar-refractivity contribution >= 4 is 35.0 Å². The number of nitrogens with one attached hydrogen (secondary N) is 2. The Morgan fingerprint density at radius 2 is 1.61 bits per heavy atom. The van der Waals surface area contributed by atoms with Crippen LogP contribution in [0.2, 0.25) is 5.02 Å². The Bertz CT molecular complexity index is 914. The fourth-order valence-corrected chi connectivity index (χ4v) is 3.78. The Labute approximate surface area is 187 Å². The van der Waals surface area contributed by atoms with Crippen LogP contribution < -0.4 is 10.6 Å². The molecule has 2 aromatic carbocycles. The van der Waals surface area contributed by atoms with Gasteiger partial charge >= 0.3 is 0 Å². The molecule has 0 spiro atoms. The maximum Gasteiger partial charge on any atom is 0.238 e. The zero-order valence-corrected chi connectivity index (χ0v) is 18.3. The number of anilines is 1. The molecule has 2 N–H and O–H groups in total. The smallest absolute Gasteiger partial charge is 0.238 e. The molecule has 0 aromatic heterocycles. The van der Waals surface area contributed by atoms with Gasteiger partial charge in [-0.2, -0.15) is 0 Å². The Hall–Kier alpha value is -2.90. The lowest BCUT2D eigenvalue weighted by Crippen LogP contribution is -2.51. The predicted octanol–water partition coefficient (Wildman–Crippen LogP) is 2.69. The summed E-state index contributed by atoms with van der Waals surface area (Å²) in [6, 6.07) is 16.2. The van der Waals surface area contributed by atoms with Crippen molar-refractivity contribution in [3.63, 3.8) is 0 Å². The number of para-hydroxylation sites is 1. The fraction of sp³-hybridized carbons (Fsp3) is 0.348. The highest BCUT2D eigenvalue weighted by Gasteiger charge is 2.25. The average molecular weight is 443 g/mol. The maximum absolute atomic E-state index is 12.8. The first-order chi connectivity index (χ1) is 14.9.